The van der Waals surface area contributed by atoms with Gasteiger partial charge in [0.25, 0.3) is 0 Å². The van der Waals surface area contributed by atoms with E-state index in [4.69, 9.17) is 28.4 Å². The minimum Gasteiger partial charge on any atom is -0.379 e. The lowest BCUT2D eigenvalue weighted by molar-refractivity contribution is -0.0161. The third-order valence-electron chi connectivity index (χ3n) is 5.25. The molecule has 6 heteroatoms. The van der Waals surface area contributed by atoms with E-state index in [1.165, 1.54) is 32.1 Å². The molecule has 0 saturated carbocycles. The van der Waals surface area contributed by atoms with Crippen molar-refractivity contribution in [1.29, 1.82) is 0 Å². The van der Waals surface area contributed by atoms with E-state index < -0.39 is 0 Å². The van der Waals surface area contributed by atoms with Crippen molar-refractivity contribution < 1.29 is 28.4 Å². The van der Waals surface area contributed by atoms with E-state index in [0.717, 1.165) is 38.4 Å². The Kier molecular flexibility index (Phi) is 25.8. The van der Waals surface area contributed by atoms with Crippen LogP contribution in [0.5, 0.6) is 0 Å². The van der Waals surface area contributed by atoms with Crippen LogP contribution in [0.25, 0.3) is 0 Å². The second kappa shape index (κ2) is 26.0. The maximum atomic E-state index is 5.62. The average Bonchev–Trinajstić information content (AvgIpc) is 2.78. The first-order valence-electron chi connectivity index (χ1n) is 12.6. The molecule has 0 aliphatic rings. The van der Waals surface area contributed by atoms with Gasteiger partial charge in [-0.25, -0.2) is 0 Å². The van der Waals surface area contributed by atoms with Crippen LogP contribution in [-0.2, 0) is 28.4 Å². The van der Waals surface area contributed by atoms with Gasteiger partial charge in [0.05, 0.1) is 59.0 Å². The van der Waals surface area contributed by atoms with E-state index >= 15 is 0 Å². The lowest BCUT2D eigenvalue weighted by atomic mass is 10.0. The molecule has 0 aromatic heterocycles. The molecule has 0 aliphatic heterocycles. The highest BCUT2D eigenvalue weighted by Crippen LogP contribution is 2.11. The van der Waals surface area contributed by atoms with Crippen molar-refractivity contribution >= 4 is 0 Å². The van der Waals surface area contributed by atoms with Crippen LogP contribution in [0.1, 0.15) is 72.1 Å². The third-order valence-corrected chi connectivity index (χ3v) is 5.25. The molecule has 0 spiro atoms. The Labute approximate surface area is 192 Å². The molecule has 0 N–H and O–H groups in total. The van der Waals surface area contributed by atoms with Gasteiger partial charge in [-0.15, -0.1) is 0 Å². The van der Waals surface area contributed by atoms with Crippen LogP contribution >= 0.6 is 0 Å². The molecule has 1 atom stereocenters. The fourth-order valence-electron chi connectivity index (χ4n) is 3.01. The molecule has 1 unspecified atom stereocenters. The molecular formula is C25H51O6. The van der Waals surface area contributed by atoms with Gasteiger partial charge in [-0.3, -0.25) is 0 Å². The van der Waals surface area contributed by atoms with E-state index in [1.807, 2.05) is 0 Å². The van der Waals surface area contributed by atoms with Crippen LogP contribution in [0, 0.1) is 12.8 Å². The summed E-state index contributed by atoms with van der Waals surface area (Å²) in [6.45, 7) is 17.8. The number of rotatable bonds is 26. The Morgan fingerprint density at radius 1 is 0.516 bits per heavy atom. The van der Waals surface area contributed by atoms with Crippen LogP contribution in [0.3, 0.4) is 0 Å². The summed E-state index contributed by atoms with van der Waals surface area (Å²) in [5, 5.41) is 0. The van der Waals surface area contributed by atoms with Crippen molar-refractivity contribution in [1.82, 2.24) is 0 Å². The Hall–Kier alpha value is -0.240. The maximum Gasteiger partial charge on any atom is 0.0704 e. The predicted molar refractivity (Wildman–Crippen MR) is 127 cm³/mol. The molecule has 0 heterocycles. The zero-order valence-corrected chi connectivity index (χ0v) is 20.7. The van der Waals surface area contributed by atoms with Gasteiger partial charge in [0.15, 0.2) is 0 Å². The first kappa shape index (κ1) is 30.8. The second-order valence-electron chi connectivity index (χ2n) is 7.88. The predicted octanol–water partition coefficient (Wildman–Crippen LogP) is 5.09. The largest absolute Gasteiger partial charge is 0.379 e. The third kappa shape index (κ3) is 24.2. The molecule has 0 fully saturated rings. The molecule has 0 amide bonds. The van der Waals surface area contributed by atoms with Crippen molar-refractivity contribution in [3.63, 3.8) is 0 Å². The van der Waals surface area contributed by atoms with Crippen molar-refractivity contribution in [2.45, 2.75) is 78.2 Å². The van der Waals surface area contributed by atoms with Crippen molar-refractivity contribution in [3.8, 4) is 0 Å². The van der Waals surface area contributed by atoms with E-state index in [1.54, 1.807) is 0 Å². The molecule has 1 radical (unpaired) electrons. The number of ether oxygens (including phenoxy) is 6. The Balaban J connectivity index is 3.19. The molecular weight excluding hydrogens is 396 g/mol. The van der Waals surface area contributed by atoms with Crippen LogP contribution in [-0.4, -0.2) is 78.8 Å². The summed E-state index contributed by atoms with van der Waals surface area (Å²) >= 11 is 0. The monoisotopic (exact) mass is 447 g/mol. The smallest absolute Gasteiger partial charge is 0.0704 e. The van der Waals surface area contributed by atoms with Gasteiger partial charge < -0.3 is 28.4 Å². The lowest BCUT2D eigenvalue weighted by Gasteiger charge is -2.13. The summed E-state index contributed by atoms with van der Waals surface area (Å²) in [5.41, 5.74) is 0. The Morgan fingerprint density at radius 2 is 1.00 bits per heavy atom. The highest BCUT2D eigenvalue weighted by molar-refractivity contribution is 4.59. The number of hydrogen-bond acceptors (Lipinski definition) is 6. The highest BCUT2D eigenvalue weighted by atomic mass is 16.6. The van der Waals surface area contributed by atoms with Gasteiger partial charge in [0, 0.05) is 19.8 Å². The number of hydrogen-bond donors (Lipinski definition) is 0. The maximum absolute atomic E-state index is 5.62. The summed E-state index contributed by atoms with van der Waals surface area (Å²) in [4.78, 5) is 0. The summed E-state index contributed by atoms with van der Waals surface area (Å²) in [5.74, 6) is 0.784. The molecule has 6 nitrogen and oxygen atoms in total. The quantitative estimate of drug-likeness (QED) is 0.172. The van der Waals surface area contributed by atoms with Crippen LogP contribution in [0.2, 0.25) is 0 Å². The fourth-order valence-corrected chi connectivity index (χ4v) is 3.01. The standard InChI is InChI=1S/C25H51O6/c1-5-8-9-10-13-26-16-19-30-22-23-31-24(4)11-14-27-17-20-29-21-18-28-15-12-25(6-2)7-3/h24-25H,4-23H2,1-3H3. The summed E-state index contributed by atoms with van der Waals surface area (Å²) in [6.07, 6.45) is 9.22. The molecule has 31 heavy (non-hydrogen) atoms. The Morgan fingerprint density at radius 3 is 1.55 bits per heavy atom. The van der Waals surface area contributed by atoms with Gasteiger partial charge in [-0.1, -0.05) is 52.9 Å². The highest BCUT2D eigenvalue weighted by Gasteiger charge is 2.03. The molecule has 0 aromatic carbocycles. The second-order valence-corrected chi connectivity index (χ2v) is 7.88. The van der Waals surface area contributed by atoms with Crippen LogP contribution in [0.15, 0.2) is 0 Å². The summed E-state index contributed by atoms with van der Waals surface area (Å²) in [6, 6.07) is 0. The molecule has 0 saturated heterocycles. The molecule has 187 valence electrons. The zero-order valence-electron chi connectivity index (χ0n) is 20.7. The average molecular weight is 448 g/mol. The lowest BCUT2D eigenvalue weighted by Crippen LogP contribution is -2.17. The van der Waals surface area contributed by atoms with Gasteiger partial charge in [-0.2, -0.15) is 0 Å². The minimum atomic E-state index is -0.0807. The van der Waals surface area contributed by atoms with Gasteiger partial charge >= 0.3 is 0 Å². The Bertz CT molecular complexity index is 325. The zero-order chi connectivity index (χ0) is 22.8. The van der Waals surface area contributed by atoms with Gasteiger partial charge in [0.2, 0.25) is 0 Å². The first-order valence-corrected chi connectivity index (χ1v) is 12.6. The van der Waals surface area contributed by atoms with E-state index in [9.17, 15) is 0 Å². The van der Waals surface area contributed by atoms with Gasteiger partial charge in [-0.05, 0) is 32.1 Å². The van der Waals surface area contributed by atoms with Crippen LogP contribution in [0.4, 0.5) is 0 Å². The summed E-state index contributed by atoms with van der Waals surface area (Å²) in [7, 11) is 0. The van der Waals surface area contributed by atoms with Gasteiger partial charge in [0.1, 0.15) is 0 Å². The normalized spacial score (nSPS) is 12.7. The van der Waals surface area contributed by atoms with Crippen molar-refractivity contribution in [2.75, 3.05) is 72.7 Å². The molecule has 0 aliphatic carbocycles. The summed E-state index contributed by atoms with van der Waals surface area (Å²) < 4.78 is 33.4. The molecule has 0 bridgehead atoms. The van der Waals surface area contributed by atoms with Crippen LogP contribution < -0.4 is 0 Å². The molecule has 0 rings (SSSR count). The fraction of sp³-hybridized carbons (Fsp3) is 0.960. The van der Waals surface area contributed by atoms with Crippen molar-refractivity contribution in [2.24, 2.45) is 5.92 Å². The number of unbranched alkanes of at least 4 members (excludes halogenated alkanes) is 3. The molecule has 0 aromatic rings. The van der Waals surface area contributed by atoms with E-state index in [2.05, 4.69) is 27.7 Å². The topological polar surface area (TPSA) is 55.4 Å². The first-order chi connectivity index (χ1) is 15.2. The van der Waals surface area contributed by atoms with Crippen molar-refractivity contribution in [3.05, 3.63) is 6.92 Å². The van der Waals surface area contributed by atoms with E-state index in [0.29, 0.717) is 59.5 Å². The SMILES string of the molecule is [CH2]C(CCOCCOCCOCCC(CC)CC)OCCOCCOCCCCCC. The minimum absolute atomic E-state index is 0.0807. The van der Waals surface area contributed by atoms with E-state index in [-0.39, 0.29) is 6.10 Å².